The maximum absolute atomic E-state index is 12.0. The molecule has 0 radical (unpaired) electrons. The quantitative estimate of drug-likeness (QED) is 0.466. The molecule has 3 nitrogen and oxygen atoms in total. The molecule has 0 aromatic heterocycles. The van der Waals surface area contributed by atoms with Crippen LogP contribution < -0.4 is 0 Å². The molecule has 1 N–H and O–H groups in total. The summed E-state index contributed by atoms with van der Waals surface area (Å²) in [6, 6.07) is 5.99. The highest BCUT2D eigenvalue weighted by atomic mass is 32.3. The number of benzene rings is 1. The van der Waals surface area contributed by atoms with Crippen molar-refractivity contribution in [3.63, 3.8) is 0 Å². The fourth-order valence-corrected chi connectivity index (χ4v) is 6.43. The Kier molecular flexibility index (Phi) is 7.88. The van der Waals surface area contributed by atoms with Crippen LogP contribution in [0.5, 0.6) is 5.75 Å². The molecule has 4 heteroatoms. The molecule has 5 unspecified atom stereocenters. The van der Waals surface area contributed by atoms with Crippen LogP contribution in [0.4, 0.5) is 0 Å². The van der Waals surface area contributed by atoms with Gasteiger partial charge in [-0.3, -0.25) is 4.79 Å². The van der Waals surface area contributed by atoms with Gasteiger partial charge in [-0.25, -0.2) is 10.0 Å². The Morgan fingerprint density at radius 2 is 1.82 bits per heavy atom. The van der Waals surface area contributed by atoms with Gasteiger partial charge in [-0.15, -0.1) is 0 Å². The van der Waals surface area contributed by atoms with Crippen LogP contribution in [-0.2, 0) is 16.0 Å². The molecular formula is C29H48O3S. The maximum atomic E-state index is 12.0. The Balaban J connectivity index is 0.000000331. The topological polar surface area (TPSA) is 46.5 Å². The Morgan fingerprint density at radius 1 is 1.15 bits per heavy atom. The molecule has 3 aliphatic rings. The lowest BCUT2D eigenvalue weighted by Gasteiger charge is -2.51. The maximum Gasteiger partial charge on any atom is 0.306 e. The minimum Gasteiger partial charge on any atom is -0.508 e. The summed E-state index contributed by atoms with van der Waals surface area (Å²) in [4.78, 5) is 12.0. The molecule has 4 rings (SSSR count). The Bertz CT molecular complexity index is 822. The monoisotopic (exact) mass is 476 g/mol. The number of carbonyl (C=O) groups is 1. The number of esters is 1. The average Bonchev–Trinajstić information content (AvgIpc) is 3.03. The van der Waals surface area contributed by atoms with Crippen molar-refractivity contribution >= 4 is 16.0 Å². The van der Waals surface area contributed by atoms with Crippen molar-refractivity contribution in [3.05, 3.63) is 29.3 Å². The van der Waals surface area contributed by atoms with E-state index in [-0.39, 0.29) is 16.0 Å². The summed E-state index contributed by atoms with van der Waals surface area (Å²) in [5, 5.41) is 9.79. The van der Waals surface area contributed by atoms with Crippen molar-refractivity contribution in [2.24, 2.45) is 23.2 Å². The Morgan fingerprint density at radius 3 is 2.42 bits per heavy atom. The predicted molar refractivity (Wildman–Crippen MR) is 143 cm³/mol. The van der Waals surface area contributed by atoms with E-state index < -0.39 is 0 Å². The highest BCUT2D eigenvalue weighted by molar-refractivity contribution is 8.33. The van der Waals surface area contributed by atoms with E-state index >= 15 is 0 Å². The van der Waals surface area contributed by atoms with E-state index in [0.717, 1.165) is 18.3 Å². The zero-order valence-corrected chi connectivity index (χ0v) is 23.2. The van der Waals surface area contributed by atoms with Crippen molar-refractivity contribution in [3.8, 4) is 5.75 Å². The van der Waals surface area contributed by atoms with Gasteiger partial charge in [0, 0.05) is 6.42 Å². The van der Waals surface area contributed by atoms with E-state index in [9.17, 15) is 9.90 Å². The average molecular weight is 477 g/mol. The van der Waals surface area contributed by atoms with E-state index in [0.29, 0.717) is 40.8 Å². The molecule has 188 valence electrons. The van der Waals surface area contributed by atoms with Crippen molar-refractivity contribution < 1.29 is 14.6 Å². The van der Waals surface area contributed by atoms with E-state index in [4.69, 9.17) is 4.74 Å². The van der Waals surface area contributed by atoms with Crippen LogP contribution in [0.3, 0.4) is 0 Å². The molecule has 0 saturated heterocycles. The lowest BCUT2D eigenvalue weighted by molar-refractivity contribution is -0.145. The normalized spacial score (nSPS) is 31.4. The number of aryl methyl sites for hydroxylation is 1. The number of ether oxygens (including phenoxy) is 1. The number of hydrogen-bond donors (Lipinski definition) is 1. The zero-order valence-electron chi connectivity index (χ0n) is 22.4. The largest absolute Gasteiger partial charge is 0.508 e. The van der Waals surface area contributed by atoms with E-state index in [2.05, 4.69) is 52.5 Å². The van der Waals surface area contributed by atoms with Crippen LogP contribution in [0, 0.1) is 23.2 Å². The van der Waals surface area contributed by atoms with Crippen LogP contribution in [-0.4, -0.2) is 41.2 Å². The summed E-state index contributed by atoms with van der Waals surface area (Å²) in [7, 11) is -0.340. The van der Waals surface area contributed by atoms with Crippen LogP contribution in [0.15, 0.2) is 18.2 Å². The van der Waals surface area contributed by atoms with Gasteiger partial charge in [0.25, 0.3) is 0 Å². The second kappa shape index (κ2) is 9.84. The summed E-state index contributed by atoms with van der Waals surface area (Å²) in [5.74, 6) is 2.98. The first-order chi connectivity index (χ1) is 15.3. The third kappa shape index (κ3) is 5.57. The van der Waals surface area contributed by atoms with Gasteiger partial charge < -0.3 is 9.84 Å². The van der Waals surface area contributed by atoms with Gasteiger partial charge in [0.05, 0.1) is 6.61 Å². The van der Waals surface area contributed by atoms with Crippen molar-refractivity contribution in [1.29, 1.82) is 0 Å². The molecular weight excluding hydrogens is 428 g/mol. The SMILES string of the molecule is CC(C)(C)S(C)(C)C.CCOC(=O)CC1CCC2C3CCc4cc(O)ccc4C3CCC12C. The third-order valence-electron chi connectivity index (χ3n) is 9.46. The molecule has 3 aliphatic carbocycles. The molecule has 2 saturated carbocycles. The highest BCUT2D eigenvalue weighted by Crippen LogP contribution is 2.63. The van der Waals surface area contributed by atoms with E-state index in [1.165, 1.54) is 43.2 Å². The first kappa shape index (κ1) is 26.4. The standard InChI is InChI=1S/C22H30O3.C7H18S/c1-3-25-21(24)13-15-5-9-20-19-7-4-14-12-16(23)6-8-17(14)18(19)10-11-22(15,20)2;1-7(2,3)8(4,5)6/h6,8,12,15,18-20,23H,3-5,7,9-11,13H2,1-2H3;1-6H3. The highest BCUT2D eigenvalue weighted by Gasteiger charge is 2.54. The predicted octanol–water partition coefficient (Wildman–Crippen LogP) is 7.30. The van der Waals surface area contributed by atoms with Gasteiger partial charge >= 0.3 is 5.97 Å². The lowest BCUT2D eigenvalue weighted by Crippen LogP contribution is -2.42. The molecule has 33 heavy (non-hydrogen) atoms. The van der Waals surface area contributed by atoms with Crippen LogP contribution in [0.1, 0.15) is 90.2 Å². The van der Waals surface area contributed by atoms with Crippen molar-refractivity contribution in [2.45, 2.75) is 90.2 Å². The summed E-state index contributed by atoms with van der Waals surface area (Å²) in [5.41, 5.74) is 3.12. The van der Waals surface area contributed by atoms with E-state index in [1.54, 1.807) is 0 Å². The molecule has 0 aliphatic heterocycles. The van der Waals surface area contributed by atoms with Crippen LogP contribution in [0.2, 0.25) is 0 Å². The number of phenols is 1. The van der Waals surface area contributed by atoms with Crippen LogP contribution in [0.25, 0.3) is 0 Å². The molecule has 1 aromatic carbocycles. The fraction of sp³-hybridized carbons (Fsp3) is 0.759. The summed E-state index contributed by atoms with van der Waals surface area (Å²) < 4.78 is 5.75. The van der Waals surface area contributed by atoms with Crippen LogP contribution >= 0.6 is 10.0 Å². The summed E-state index contributed by atoms with van der Waals surface area (Å²) in [6.45, 7) is 11.7. The van der Waals surface area contributed by atoms with Gasteiger partial charge in [-0.1, -0.05) is 33.8 Å². The molecule has 0 heterocycles. The number of fused-ring (bicyclic) bond motifs is 5. The lowest BCUT2D eigenvalue weighted by atomic mass is 9.54. The fourth-order valence-electron chi connectivity index (χ4n) is 6.43. The molecule has 0 bridgehead atoms. The van der Waals surface area contributed by atoms with Crippen molar-refractivity contribution in [1.82, 2.24) is 0 Å². The number of aromatic hydroxyl groups is 1. The van der Waals surface area contributed by atoms with E-state index in [1.807, 2.05) is 19.1 Å². The van der Waals surface area contributed by atoms with Gasteiger partial charge in [0.1, 0.15) is 5.75 Å². The second-order valence-electron chi connectivity index (χ2n) is 12.6. The van der Waals surface area contributed by atoms with Crippen molar-refractivity contribution in [2.75, 3.05) is 25.4 Å². The first-order valence-corrected chi connectivity index (χ1v) is 15.8. The molecule has 1 aromatic rings. The summed E-state index contributed by atoms with van der Waals surface area (Å²) in [6.07, 6.45) is 14.8. The minimum atomic E-state index is -0.340. The Hall–Kier alpha value is -1.16. The third-order valence-corrected chi connectivity index (χ3v) is 13.1. The van der Waals surface area contributed by atoms with Gasteiger partial charge in [-0.05, 0) is 121 Å². The minimum absolute atomic E-state index is 0.0130. The molecule has 0 spiro atoms. The number of hydrogen-bond acceptors (Lipinski definition) is 3. The second-order valence-corrected chi connectivity index (χ2v) is 17.5. The van der Waals surface area contributed by atoms with Gasteiger partial charge in [-0.2, -0.15) is 0 Å². The smallest absolute Gasteiger partial charge is 0.306 e. The summed E-state index contributed by atoms with van der Waals surface area (Å²) >= 11 is 0. The molecule has 5 atom stereocenters. The number of phenolic OH excluding ortho intramolecular Hbond substituents is 1. The number of carbonyl (C=O) groups excluding carboxylic acids is 1. The first-order valence-electron chi connectivity index (χ1n) is 12.9. The molecule has 0 amide bonds. The Labute approximate surface area is 204 Å². The molecule has 2 fully saturated rings. The van der Waals surface area contributed by atoms with Gasteiger partial charge in [0.15, 0.2) is 0 Å². The van der Waals surface area contributed by atoms with Gasteiger partial charge in [0.2, 0.25) is 0 Å². The zero-order chi connectivity index (χ0) is 24.6. The number of rotatable bonds is 3.